The molecule has 5 rings (SSSR count). The molecule has 1 aromatic heterocycles. The minimum absolute atomic E-state index is 0.0221. The topological polar surface area (TPSA) is 54.5 Å². The Balaban J connectivity index is 1.30. The molecule has 1 aliphatic heterocycles. The highest BCUT2D eigenvalue weighted by molar-refractivity contribution is 5.84. The number of nitrogens with zero attached hydrogens (tertiary/aromatic N) is 2. The van der Waals surface area contributed by atoms with Crippen LogP contribution in [-0.4, -0.2) is 36.0 Å². The molecule has 5 nitrogen and oxygen atoms in total. The third-order valence-corrected chi connectivity index (χ3v) is 7.31. The van der Waals surface area contributed by atoms with Crippen LogP contribution in [0, 0.1) is 11.8 Å². The second-order valence-corrected chi connectivity index (χ2v) is 9.55. The van der Waals surface area contributed by atoms with Crippen molar-refractivity contribution in [2.45, 2.75) is 44.7 Å². The Kier molecular flexibility index (Phi) is 6.58. The second-order valence-electron chi connectivity index (χ2n) is 9.55. The van der Waals surface area contributed by atoms with Crippen LogP contribution in [0.3, 0.4) is 0 Å². The monoisotopic (exact) mass is 443 g/mol. The van der Waals surface area contributed by atoms with Gasteiger partial charge in [-0.25, -0.2) is 0 Å². The van der Waals surface area contributed by atoms with E-state index in [0.29, 0.717) is 5.92 Å². The van der Waals surface area contributed by atoms with Gasteiger partial charge in [0, 0.05) is 25.2 Å². The molecule has 2 atom stereocenters. The molecule has 1 saturated carbocycles. The van der Waals surface area contributed by atoms with E-state index in [1.165, 1.54) is 22.8 Å². The summed E-state index contributed by atoms with van der Waals surface area (Å²) < 4.78 is 5.35. The van der Waals surface area contributed by atoms with Gasteiger partial charge in [0.25, 0.3) is 0 Å². The fourth-order valence-electron chi connectivity index (χ4n) is 5.20. The Hall–Kier alpha value is -2.92. The number of carbonyl (C=O) groups is 1. The van der Waals surface area contributed by atoms with E-state index in [9.17, 15) is 4.79 Å². The van der Waals surface area contributed by atoms with E-state index in [0.717, 1.165) is 56.8 Å². The average Bonchev–Trinajstić information content (AvgIpc) is 2.82. The molecule has 2 fully saturated rings. The van der Waals surface area contributed by atoms with E-state index in [-0.39, 0.29) is 17.9 Å². The fourth-order valence-corrected chi connectivity index (χ4v) is 5.20. The summed E-state index contributed by atoms with van der Waals surface area (Å²) in [5.41, 5.74) is 2.30. The molecule has 2 aliphatic rings. The molecule has 172 valence electrons. The van der Waals surface area contributed by atoms with E-state index in [1.807, 2.05) is 24.4 Å². The molecular weight excluding hydrogens is 410 g/mol. The van der Waals surface area contributed by atoms with Gasteiger partial charge < -0.3 is 10.1 Å². The van der Waals surface area contributed by atoms with Gasteiger partial charge in [-0.05, 0) is 84.8 Å². The van der Waals surface area contributed by atoms with Gasteiger partial charge in [0.2, 0.25) is 5.91 Å². The fraction of sp³-hybridized carbons (Fsp3) is 0.429. The number of hydrogen-bond acceptors (Lipinski definition) is 4. The number of carbonyl (C=O) groups excluding carboxylic acids is 1. The third-order valence-electron chi connectivity index (χ3n) is 7.31. The Morgan fingerprint density at radius 3 is 2.70 bits per heavy atom. The lowest BCUT2D eigenvalue weighted by molar-refractivity contribution is -0.128. The predicted octanol–water partition coefficient (Wildman–Crippen LogP) is 5.11. The number of hydrogen-bond donors (Lipinski definition) is 1. The van der Waals surface area contributed by atoms with Gasteiger partial charge in [-0.15, -0.1) is 0 Å². The number of amides is 1. The molecule has 0 bridgehead atoms. The summed E-state index contributed by atoms with van der Waals surface area (Å²) in [5, 5.41) is 5.82. The average molecular weight is 444 g/mol. The zero-order valence-electron chi connectivity index (χ0n) is 19.4. The minimum Gasteiger partial charge on any atom is -0.497 e. The van der Waals surface area contributed by atoms with Crippen LogP contribution in [0.25, 0.3) is 10.8 Å². The lowest BCUT2D eigenvalue weighted by Crippen LogP contribution is -2.45. The van der Waals surface area contributed by atoms with Gasteiger partial charge >= 0.3 is 0 Å². The second kappa shape index (κ2) is 9.92. The predicted molar refractivity (Wildman–Crippen MR) is 131 cm³/mol. The molecule has 5 heteroatoms. The van der Waals surface area contributed by atoms with Crippen LogP contribution >= 0.6 is 0 Å². The van der Waals surface area contributed by atoms with Gasteiger partial charge in [-0.2, -0.15) is 0 Å². The largest absolute Gasteiger partial charge is 0.497 e. The van der Waals surface area contributed by atoms with Crippen LogP contribution < -0.4 is 10.1 Å². The summed E-state index contributed by atoms with van der Waals surface area (Å²) >= 11 is 0. The van der Waals surface area contributed by atoms with Crippen LogP contribution in [0.1, 0.15) is 49.4 Å². The number of aromatic nitrogens is 1. The molecule has 1 saturated heterocycles. The van der Waals surface area contributed by atoms with E-state index in [2.05, 4.69) is 51.6 Å². The number of nitrogens with one attached hydrogen (secondary N) is 1. The standard InChI is InChI=1S/C28H33N3O2/c1-33-25-13-12-22-16-20(10-11-23(22)17-25)18-31-15-5-8-24(19-31)27(26-9-2-3-14-29-26)30-28(32)21-6-4-7-21/h2-3,9-14,16-17,21,24,27H,4-8,15,18-19H2,1H3,(H,30,32). The quantitative estimate of drug-likeness (QED) is 0.551. The summed E-state index contributed by atoms with van der Waals surface area (Å²) in [6.07, 6.45) is 7.29. The summed E-state index contributed by atoms with van der Waals surface area (Å²) in [4.78, 5) is 20.0. The zero-order chi connectivity index (χ0) is 22.6. The Labute approximate surface area is 196 Å². The highest BCUT2D eigenvalue weighted by atomic mass is 16.5. The van der Waals surface area contributed by atoms with Crippen molar-refractivity contribution in [2.24, 2.45) is 11.8 Å². The molecule has 1 N–H and O–H groups in total. The van der Waals surface area contributed by atoms with Gasteiger partial charge in [0.1, 0.15) is 5.75 Å². The first-order valence-electron chi connectivity index (χ1n) is 12.2. The van der Waals surface area contributed by atoms with Gasteiger partial charge in [0.05, 0.1) is 18.8 Å². The molecule has 3 aromatic rings. The molecular formula is C28H33N3O2. The van der Waals surface area contributed by atoms with Crippen molar-refractivity contribution in [3.05, 3.63) is 72.1 Å². The van der Waals surface area contributed by atoms with E-state index >= 15 is 0 Å². The number of ether oxygens (including phenoxy) is 1. The van der Waals surface area contributed by atoms with E-state index in [1.54, 1.807) is 7.11 Å². The number of pyridine rings is 1. The lowest BCUT2D eigenvalue weighted by atomic mass is 9.83. The van der Waals surface area contributed by atoms with Gasteiger partial charge in [0.15, 0.2) is 0 Å². The maximum atomic E-state index is 12.8. The van der Waals surface area contributed by atoms with Crippen LogP contribution in [0.4, 0.5) is 0 Å². The minimum atomic E-state index is -0.0221. The smallest absolute Gasteiger partial charge is 0.223 e. The zero-order valence-corrected chi connectivity index (χ0v) is 19.4. The first-order chi connectivity index (χ1) is 16.2. The van der Waals surface area contributed by atoms with Gasteiger partial charge in [-0.3, -0.25) is 14.7 Å². The molecule has 1 amide bonds. The molecule has 33 heavy (non-hydrogen) atoms. The highest BCUT2D eigenvalue weighted by Crippen LogP contribution is 2.33. The van der Waals surface area contributed by atoms with Crippen LogP contribution in [0.2, 0.25) is 0 Å². The Morgan fingerprint density at radius 2 is 1.94 bits per heavy atom. The highest BCUT2D eigenvalue weighted by Gasteiger charge is 2.33. The summed E-state index contributed by atoms with van der Waals surface area (Å²) in [6.45, 7) is 2.97. The first-order valence-corrected chi connectivity index (χ1v) is 12.2. The number of fused-ring (bicyclic) bond motifs is 1. The van der Waals surface area contributed by atoms with Crippen molar-refractivity contribution in [3.8, 4) is 5.75 Å². The number of likely N-dealkylation sites (tertiary alicyclic amines) is 1. The van der Waals surface area contributed by atoms with Crippen molar-refractivity contribution in [2.75, 3.05) is 20.2 Å². The van der Waals surface area contributed by atoms with Gasteiger partial charge in [-0.1, -0.05) is 30.7 Å². The third kappa shape index (κ3) is 5.03. The SMILES string of the molecule is COc1ccc2cc(CN3CCCC(C(NC(=O)C4CCC4)c4ccccn4)C3)ccc2c1. The van der Waals surface area contributed by atoms with Crippen LogP contribution in [0.15, 0.2) is 60.8 Å². The molecule has 2 aromatic carbocycles. The van der Waals surface area contributed by atoms with Crippen molar-refractivity contribution in [1.82, 2.24) is 15.2 Å². The molecule has 1 aliphatic carbocycles. The van der Waals surface area contributed by atoms with Crippen molar-refractivity contribution >= 4 is 16.7 Å². The Bertz CT molecular complexity index is 1100. The first kappa shape index (κ1) is 21.9. The summed E-state index contributed by atoms with van der Waals surface area (Å²) in [5.74, 6) is 1.65. The number of rotatable bonds is 7. The van der Waals surface area contributed by atoms with Crippen molar-refractivity contribution in [3.63, 3.8) is 0 Å². The van der Waals surface area contributed by atoms with Crippen LogP contribution in [-0.2, 0) is 11.3 Å². The maximum absolute atomic E-state index is 12.8. The number of benzene rings is 2. The van der Waals surface area contributed by atoms with Crippen molar-refractivity contribution < 1.29 is 9.53 Å². The van der Waals surface area contributed by atoms with E-state index in [4.69, 9.17) is 4.74 Å². The van der Waals surface area contributed by atoms with Crippen LogP contribution in [0.5, 0.6) is 5.75 Å². The summed E-state index contributed by atoms with van der Waals surface area (Å²) in [6, 6.07) is 18.9. The number of piperidine rings is 1. The molecule has 2 unspecified atom stereocenters. The van der Waals surface area contributed by atoms with Crippen molar-refractivity contribution in [1.29, 1.82) is 0 Å². The molecule has 0 radical (unpaired) electrons. The molecule has 2 heterocycles. The summed E-state index contributed by atoms with van der Waals surface area (Å²) in [7, 11) is 1.70. The molecule has 0 spiro atoms. The maximum Gasteiger partial charge on any atom is 0.223 e. The number of methoxy groups -OCH3 is 1. The van der Waals surface area contributed by atoms with E-state index < -0.39 is 0 Å². The Morgan fingerprint density at radius 1 is 1.09 bits per heavy atom. The lowest BCUT2D eigenvalue weighted by Gasteiger charge is -2.38. The normalized spacial score (nSPS) is 20.2.